The highest BCUT2D eigenvalue weighted by Crippen LogP contribution is 2.39. The van der Waals surface area contributed by atoms with Gasteiger partial charge in [-0.2, -0.15) is 0 Å². The topological polar surface area (TPSA) is 94.0 Å². The molecule has 1 amide bonds. The molecule has 0 aliphatic carbocycles. The standard InChI is InChI=1S/C26H25N3O5/c1-16-17(2)22(9-8-21(16)29(26(30)31)15-18-7-5-6-11-27-18)34-23-10-12-28-20-14-25(33-4)24(32-3)13-19(20)23/h5-14H,15H2,1-4H3,(H,30,31). The zero-order valence-corrected chi connectivity index (χ0v) is 19.4. The Balaban J connectivity index is 1.70. The number of hydrogen-bond acceptors (Lipinski definition) is 6. The van der Waals surface area contributed by atoms with Crippen molar-refractivity contribution in [2.75, 3.05) is 19.1 Å². The van der Waals surface area contributed by atoms with Gasteiger partial charge in [0.25, 0.3) is 0 Å². The maximum absolute atomic E-state index is 12.0. The first-order valence-electron chi connectivity index (χ1n) is 10.6. The first-order chi connectivity index (χ1) is 16.4. The van der Waals surface area contributed by atoms with Gasteiger partial charge in [0.05, 0.1) is 37.7 Å². The molecular weight excluding hydrogens is 434 g/mol. The van der Waals surface area contributed by atoms with Crippen molar-refractivity contribution in [3.63, 3.8) is 0 Å². The molecule has 0 aliphatic rings. The smallest absolute Gasteiger partial charge is 0.412 e. The molecule has 2 aromatic carbocycles. The SMILES string of the molecule is COc1cc2nccc(Oc3ccc(N(Cc4ccccn4)C(=O)O)c(C)c3C)c2cc1OC. The van der Waals surface area contributed by atoms with Gasteiger partial charge >= 0.3 is 6.09 Å². The van der Waals surface area contributed by atoms with Crippen LogP contribution in [0, 0.1) is 13.8 Å². The van der Waals surface area contributed by atoms with Crippen LogP contribution in [0.25, 0.3) is 10.9 Å². The number of anilines is 1. The lowest BCUT2D eigenvalue weighted by Crippen LogP contribution is -2.29. The molecule has 1 N–H and O–H groups in total. The molecular formula is C26H25N3O5. The van der Waals surface area contributed by atoms with Gasteiger partial charge in [0, 0.05) is 23.8 Å². The second kappa shape index (κ2) is 9.66. The molecule has 0 bridgehead atoms. The largest absolute Gasteiger partial charge is 0.493 e. The summed E-state index contributed by atoms with van der Waals surface area (Å²) in [7, 11) is 3.15. The molecule has 0 radical (unpaired) electrons. The third kappa shape index (κ3) is 4.43. The number of fused-ring (bicyclic) bond motifs is 1. The van der Waals surface area contributed by atoms with Crippen LogP contribution in [0.15, 0.2) is 60.9 Å². The summed E-state index contributed by atoms with van der Waals surface area (Å²) in [4.78, 5) is 22.0. The summed E-state index contributed by atoms with van der Waals surface area (Å²) in [5.74, 6) is 2.37. The number of aromatic nitrogens is 2. The van der Waals surface area contributed by atoms with Gasteiger partial charge in [-0.15, -0.1) is 0 Å². The second-order valence-corrected chi connectivity index (χ2v) is 7.66. The Morgan fingerprint density at radius 1 is 0.882 bits per heavy atom. The van der Waals surface area contributed by atoms with Crippen molar-refractivity contribution in [1.29, 1.82) is 0 Å². The van der Waals surface area contributed by atoms with Crippen LogP contribution in [0.1, 0.15) is 16.8 Å². The summed E-state index contributed by atoms with van der Waals surface area (Å²) in [5, 5.41) is 10.6. The van der Waals surface area contributed by atoms with Gasteiger partial charge in [-0.3, -0.25) is 14.9 Å². The van der Waals surface area contributed by atoms with Crippen molar-refractivity contribution in [2.24, 2.45) is 0 Å². The van der Waals surface area contributed by atoms with Crippen molar-refractivity contribution in [3.05, 3.63) is 77.7 Å². The minimum Gasteiger partial charge on any atom is -0.493 e. The number of rotatable bonds is 7. The van der Waals surface area contributed by atoms with E-state index in [1.807, 2.05) is 26.0 Å². The van der Waals surface area contributed by atoms with E-state index < -0.39 is 6.09 Å². The van der Waals surface area contributed by atoms with E-state index >= 15 is 0 Å². The van der Waals surface area contributed by atoms with E-state index in [1.165, 1.54) is 4.90 Å². The fraction of sp³-hybridized carbons (Fsp3) is 0.192. The third-order valence-electron chi connectivity index (χ3n) is 5.70. The first kappa shape index (κ1) is 22.8. The predicted octanol–water partition coefficient (Wildman–Crippen LogP) is 5.74. The number of benzene rings is 2. The van der Waals surface area contributed by atoms with E-state index in [-0.39, 0.29) is 6.54 Å². The van der Waals surface area contributed by atoms with Crippen LogP contribution >= 0.6 is 0 Å². The number of nitrogens with zero attached hydrogens (tertiary/aromatic N) is 3. The summed E-state index contributed by atoms with van der Waals surface area (Å²) in [6.45, 7) is 3.93. The molecule has 0 saturated heterocycles. The molecule has 0 atom stereocenters. The summed E-state index contributed by atoms with van der Waals surface area (Å²) < 4.78 is 17.1. The highest BCUT2D eigenvalue weighted by atomic mass is 16.5. The Morgan fingerprint density at radius 3 is 2.32 bits per heavy atom. The number of ether oxygens (including phenoxy) is 3. The summed E-state index contributed by atoms with van der Waals surface area (Å²) in [6, 6.07) is 14.4. The van der Waals surface area contributed by atoms with Crippen molar-refractivity contribution in [2.45, 2.75) is 20.4 Å². The first-order valence-corrected chi connectivity index (χ1v) is 10.6. The lowest BCUT2D eigenvalue weighted by molar-refractivity contribution is 0.201. The predicted molar refractivity (Wildman–Crippen MR) is 129 cm³/mol. The highest BCUT2D eigenvalue weighted by molar-refractivity contribution is 5.89. The van der Waals surface area contributed by atoms with Gasteiger partial charge < -0.3 is 19.3 Å². The van der Waals surface area contributed by atoms with Crippen LogP contribution in [0.2, 0.25) is 0 Å². The quantitative estimate of drug-likeness (QED) is 0.376. The van der Waals surface area contributed by atoms with Crippen molar-refractivity contribution < 1.29 is 24.1 Å². The molecule has 2 aromatic heterocycles. The molecule has 0 aliphatic heterocycles. The van der Waals surface area contributed by atoms with Crippen LogP contribution in [0.4, 0.5) is 10.5 Å². The molecule has 0 fully saturated rings. The minimum atomic E-state index is -1.05. The van der Waals surface area contributed by atoms with Crippen LogP contribution in [-0.4, -0.2) is 35.4 Å². The van der Waals surface area contributed by atoms with Gasteiger partial charge in [0.2, 0.25) is 0 Å². The molecule has 34 heavy (non-hydrogen) atoms. The van der Waals surface area contributed by atoms with Gasteiger partial charge in [-0.1, -0.05) is 6.07 Å². The van der Waals surface area contributed by atoms with E-state index in [9.17, 15) is 9.90 Å². The van der Waals surface area contributed by atoms with E-state index in [2.05, 4.69) is 9.97 Å². The third-order valence-corrected chi connectivity index (χ3v) is 5.70. The Bertz CT molecular complexity index is 1340. The average Bonchev–Trinajstić information content (AvgIpc) is 2.85. The lowest BCUT2D eigenvalue weighted by Gasteiger charge is -2.23. The fourth-order valence-electron chi connectivity index (χ4n) is 3.75. The van der Waals surface area contributed by atoms with E-state index in [0.717, 1.165) is 16.5 Å². The Morgan fingerprint density at radius 2 is 1.65 bits per heavy atom. The maximum atomic E-state index is 12.0. The fourth-order valence-corrected chi connectivity index (χ4v) is 3.75. The molecule has 174 valence electrons. The minimum absolute atomic E-state index is 0.146. The molecule has 4 aromatic rings. The van der Waals surface area contributed by atoms with Crippen molar-refractivity contribution in [3.8, 4) is 23.0 Å². The van der Waals surface area contributed by atoms with Crippen molar-refractivity contribution in [1.82, 2.24) is 9.97 Å². The van der Waals surface area contributed by atoms with Gasteiger partial charge in [-0.25, -0.2) is 4.79 Å². The summed E-state index contributed by atoms with van der Waals surface area (Å²) in [5.41, 5.74) is 3.57. The number of methoxy groups -OCH3 is 2. The number of carbonyl (C=O) groups is 1. The number of carboxylic acid groups (broad SMARTS) is 1. The van der Waals surface area contributed by atoms with Crippen LogP contribution in [0.3, 0.4) is 0 Å². The summed E-state index contributed by atoms with van der Waals surface area (Å²) >= 11 is 0. The summed E-state index contributed by atoms with van der Waals surface area (Å²) in [6.07, 6.45) is 2.26. The van der Waals surface area contributed by atoms with Crippen LogP contribution in [0.5, 0.6) is 23.0 Å². The Hall–Kier alpha value is -4.33. The molecule has 0 unspecified atom stereocenters. The van der Waals surface area contributed by atoms with Gasteiger partial charge in [-0.05, 0) is 61.4 Å². The highest BCUT2D eigenvalue weighted by Gasteiger charge is 2.20. The van der Waals surface area contributed by atoms with Crippen LogP contribution < -0.4 is 19.1 Å². The molecule has 4 rings (SSSR count). The van der Waals surface area contributed by atoms with Crippen molar-refractivity contribution >= 4 is 22.7 Å². The van der Waals surface area contributed by atoms with Gasteiger partial charge in [0.1, 0.15) is 11.5 Å². The van der Waals surface area contributed by atoms with E-state index in [1.54, 1.807) is 63.0 Å². The average molecular weight is 460 g/mol. The number of hydrogen-bond donors (Lipinski definition) is 1. The normalized spacial score (nSPS) is 10.7. The molecule has 8 nitrogen and oxygen atoms in total. The van der Waals surface area contributed by atoms with E-state index in [0.29, 0.717) is 39.9 Å². The monoisotopic (exact) mass is 459 g/mol. The Labute approximate surface area is 197 Å². The maximum Gasteiger partial charge on any atom is 0.412 e. The molecule has 8 heteroatoms. The van der Waals surface area contributed by atoms with E-state index in [4.69, 9.17) is 14.2 Å². The zero-order valence-electron chi connectivity index (χ0n) is 19.4. The molecule has 0 spiro atoms. The number of pyridine rings is 2. The second-order valence-electron chi connectivity index (χ2n) is 7.66. The Kier molecular flexibility index (Phi) is 6.49. The number of amides is 1. The molecule has 0 saturated carbocycles. The van der Waals surface area contributed by atoms with Gasteiger partial charge in [0.15, 0.2) is 11.5 Å². The van der Waals surface area contributed by atoms with Crippen LogP contribution in [-0.2, 0) is 6.54 Å². The molecule has 2 heterocycles. The lowest BCUT2D eigenvalue weighted by atomic mass is 10.1. The zero-order chi connectivity index (χ0) is 24.2.